The minimum atomic E-state index is 0.931. The van der Waals surface area contributed by atoms with Crippen molar-refractivity contribution < 1.29 is 0 Å². The van der Waals surface area contributed by atoms with E-state index in [1.54, 1.807) is 0 Å². The largest absolute Gasteiger partial charge is 0.310 e. The van der Waals surface area contributed by atoms with Crippen LogP contribution in [-0.4, -0.2) is 4.57 Å². The minimum Gasteiger partial charge on any atom is -0.310 e. The summed E-state index contributed by atoms with van der Waals surface area (Å²) in [6.45, 7) is 0. The van der Waals surface area contributed by atoms with Crippen LogP contribution in [0, 0.1) is 0 Å². The van der Waals surface area contributed by atoms with Crippen molar-refractivity contribution in [3.05, 3.63) is 252 Å². The van der Waals surface area contributed by atoms with Crippen LogP contribution in [0.25, 0.3) is 82.8 Å². The Morgan fingerprint density at radius 2 is 0.810 bits per heavy atom. The molecule has 0 atom stereocenters. The van der Waals surface area contributed by atoms with Crippen LogP contribution >= 0.6 is 0 Å². The predicted octanol–water partition coefficient (Wildman–Crippen LogP) is 15.9. The second-order valence-corrected chi connectivity index (χ2v) is 17.2. The molecule has 14 rings (SSSR count). The highest BCUT2D eigenvalue weighted by Crippen LogP contribution is 2.55. The molecule has 0 saturated heterocycles. The van der Waals surface area contributed by atoms with Crippen LogP contribution in [0.15, 0.2) is 218 Å². The molecule has 11 aromatic rings. The zero-order valence-corrected chi connectivity index (χ0v) is 34.4. The van der Waals surface area contributed by atoms with Crippen LogP contribution in [0.2, 0.25) is 0 Å². The summed E-state index contributed by atoms with van der Waals surface area (Å²) < 4.78 is 2.43. The molecule has 2 nitrogen and oxygen atoms in total. The fourth-order valence-corrected chi connectivity index (χ4v) is 11.2. The van der Waals surface area contributed by atoms with E-state index in [0.29, 0.717) is 0 Å². The standard InChI is InChI=1S/C61H38N2/c1-2-14-39-34-43(26-25-38(39)13-1)63-58-24-12-11-20-52(58)56-36-45(29-32-59(56)63)62(42-27-30-47-41(35-42)33-40-15-3-4-16-46(40)47)44-28-31-51-50-19-7-10-23-55(50)61(57(51)37-44)60-53-21-8-5-17-48(53)49-18-6-9-22-54(49)60/h1-32,34-37H,33H2. The number of anilines is 3. The van der Waals surface area contributed by atoms with E-state index >= 15 is 0 Å². The first-order valence-electron chi connectivity index (χ1n) is 22.0. The lowest BCUT2D eigenvalue weighted by Crippen LogP contribution is -2.11. The molecule has 0 unspecified atom stereocenters. The Bertz CT molecular complexity index is 3740. The lowest BCUT2D eigenvalue weighted by molar-refractivity contribution is 1.18. The molecule has 63 heavy (non-hydrogen) atoms. The molecule has 3 aliphatic rings. The van der Waals surface area contributed by atoms with Crippen LogP contribution in [0.3, 0.4) is 0 Å². The summed E-state index contributed by atoms with van der Waals surface area (Å²) in [6.07, 6.45) is 0.931. The summed E-state index contributed by atoms with van der Waals surface area (Å²) in [7, 11) is 0. The van der Waals surface area contributed by atoms with E-state index in [4.69, 9.17) is 0 Å². The highest BCUT2D eigenvalue weighted by molar-refractivity contribution is 6.19. The maximum Gasteiger partial charge on any atom is 0.0542 e. The van der Waals surface area contributed by atoms with Crippen LogP contribution in [0.1, 0.15) is 33.4 Å². The number of fused-ring (bicyclic) bond motifs is 13. The molecular formula is C61H38N2. The van der Waals surface area contributed by atoms with E-state index in [1.165, 1.54) is 110 Å². The van der Waals surface area contributed by atoms with Gasteiger partial charge in [0, 0.05) is 33.5 Å². The van der Waals surface area contributed by atoms with Crippen molar-refractivity contribution in [2.24, 2.45) is 0 Å². The molecule has 0 aliphatic heterocycles. The Kier molecular flexibility index (Phi) is 7.20. The second kappa shape index (κ2) is 13.1. The third-order valence-electron chi connectivity index (χ3n) is 13.9. The average Bonchev–Trinajstić information content (AvgIpc) is 4.07. The van der Waals surface area contributed by atoms with Gasteiger partial charge in [-0.3, -0.25) is 0 Å². The molecular weight excluding hydrogens is 761 g/mol. The highest BCUT2D eigenvalue weighted by atomic mass is 15.1. The molecule has 0 N–H and O–H groups in total. The third-order valence-corrected chi connectivity index (χ3v) is 13.9. The number of hydrogen-bond acceptors (Lipinski definition) is 1. The topological polar surface area (TPSA) is 8.17 Å². The Morgan fingerprint density at radius 3 is 1.56 bits per heavy atom. The van der Waals surface area contributed by atoms with Crippen molar-refractivity contribution in [1.82, 2.24) is 4.57 Å². The predicted molar refractivity (Wildman–Crippen MR) is 264 cm³/mol. The first-order chi connectivity index (χ1) is 31.2. The van der Waals surface area contributed by atoms with Gasteiger partial charge in [0.15, 0.2) is 0 Å². The fraction of sp³-hybridized carbons (Fsp3) is 0.0164. The Morgan fingerprint density at radius 1 is 0.302 bits per heavy atom. The van der Waals surface area contributed by atoms with Gasteiger partial charge in [0.1, 0.15) is 0 Å². The molecule has 1 heterocycles. The SMILES string of the molecule is c1ccc2c(c1)Cc1cc(N(c3ccc4c(c3)C(=C3c5ccccc5-c5ccccc53)c3ccccc3-4)c3ccc4c(c3)c3ccccc3n4-c3ccc4ccccc4c3)ccc1-2. The lowest BCUT2D eigenvalue weighted by Gasteiger charge is -2.27. The van der Waals surface area contributed by atoms with E-state index in [9.17, 15) is 0 Å². The summed E-state index contributed by atoms with van der Waals surface area (Å²) in [5.74, 6) is 0. The van der Waals surface area contributed by atoms with Crippen LogP contribution in [0.5, 0.6) is 0 Å². The van der Waals surface area contributed by atoms with Gasteiger partial charge in [-0.2, -0.15) is 0 Å². The van der Waals surface area contributed by atoms with E-state index in [2.05, 4.69) is 228 Å². The smallest absolute Gasteiger partial charge is 0.0542 e. The normalized spacial score (nSPS) is 13.0. The van der Waals surface area contributed by atoms with Crippen LogP contribution in [-0.2, 0) is 6.42 Å². The zero-order chi connectivity index (χ0) is 41.2. The van der Waals surface area contributed by atoms with Crippen molar-refractivity contribution in [2.75, 3.05) is 4.90 Å². The molecule has 292 valence electrons. The van der Waals surface area contributed by atoms with E-state index in [0.717, 1.165) is 29.2 Å². The minimum absolute atomic E-state index is 0.931. The summed E-state index contributed by atoms with van der Waals surface area (Å²) in [4.78, 5) is 2.49. The number of nitrogens with zero attached hydrogens (tertiary/aromatic N) is 2. The van der Waals surface area contributed by atoms with E-state index in [-0.39, 0.29) is 0 Å². The second-order valence-electron chi connectivity index (χ2n) is 17.2. The quantitative estimate of drug-likeness (QED) is 0.172. The highest BCUT2D eigenvalue weighted by Gasteiger charge is 2.33. The number of para-hydroxylation sites is 1. The number of rotatable bonds is 4. The average molecular weight is 799 g/mol. The van der Waals surface area contributed by atoms with E-state index < -0.39 is 0 Å². The zero-order valence-electron chi connectivity index (χ0n) is 34.4. The summed E-state index contributed by atoms with van der Waals surface area (Å²) in [6, 6.07) is 81.4. The number of benzene rings is 10. The Labute approximate surface area is 365 Å². The number of hydrogen-bond donors (Lipinski definition) is 0. The molecule has 0 fully saturated rings. The molecule has 0 radical (unpaired) electrons. The monoisotopic (exact) mass is 798 g/mol. The van der Waals surface area contributed by atoms with Crippen molar-refractivity contribution in [3.63, 3.8) is 0 Å². The third kappa shape index (κ3) is 5.01. The van der Waals surface area contributed by atoms with Crippen molar-refractivity contribution in [1.29, 1.82) is 0 Å². The van der Waals surface area contributed by atoms with Crippen LogP contribution < -0.4 is 4.90 Å². The van der Waals surface area contributed by atoms with Crippen molar-refractivity contribution >= 4 is 60.8 Å². The van der Waals surface area contributed by atoms with Gasteiger partial charge in [-0.15, -0.1) is 0 Å². The number of aromatic nitrogens is 1. The Balaban J connectivity index is 1.01. The molecule has 3 aliphatic carbocycles. The van der Waals surface area contributed by atoms with Gasteiger partial charge in [0.25, 0.3) is 0 Å². The van der Waals surface area contributed by atoms with Gasteiger partial charge in [0.2, 0.25) is 0 Å². The van der Waals surface area contributed by atoms with Gasteiger partial charge in [-0.05, 0) is 156 Å². The molecule has 0 saturated carbocycles. The first kappa shape index (κ1) is 34.5. The van der Waals surface area contributed by atoms with Crippen LogP contribution in [0.4, 0.5) is 17.1 Å². The molecule has 0 amide bonds. The summed E-state index contributed by atoms with van der Waals surface area (Å²) in [5.41, 5.74) is 25.3. The van der Waals surface area contributed by atoms with Gasteiger partial charge in [-0.25, -0.2) is 0 Å². The van der Waals surface area contributed by atoms with E-state index in [1.807, 2.05) is 0 Å². The van der Waals surface area contributed by atoms with Gasteiger partial charge in [-0.1, -0.05) is 158 Å². The lowest BCUT2D eigenvalue weighted by atomic mass is 9.91. The molecule has 1 aromatic heterocycles. The summed E-state index contributed by atoms with van der Waals surface area (Å²) >= 11 is 0. The maximum atomic E-state index is 2.49. The molecule has 0 bridgehead atoms. The Hall–Kier alpha value is -8.20. The maximum absolute atomic E-state index is 2.49. The first-order valence-corrected chi connectivity index (χ1v) is 22.0. The molecule has 10 aromatic carbocycles. The van der Waals surface area contributed by atoms with Gasteiger partial charge >= 0.3 is 0 Å². The fourth-order valence-electron chi connectivity index (χ4n) is 11.2. The van der Waals surface area contributed by atoms with Crippen molar-refractivity contribution in [3.8, 4) is 39.1 Å². The van der Waals surface area contributed by atoms with Gasteiger partial charge < -0.3 is 9.47 Å². The molecule has 0 spiro atoms. The summed E-state index contributed by atoms with van der Waals surface area (Å²) in [5, 5.41) is 4.95. The molecule has 2 heteroatoms. The van der Waals surface area contributed by atoms with Gasteiger partial charge in [0.05, 0.1) is 11.0 Å². The van der Waals surface area contributed by atoms with Crippen molar-refractivity contribution in [2.45, 2.75) is 6.42 Å².